The van der Waals surface area contributed by atoms with Crippen LogP contribution in [0.5, 0.6) is 0 Å². The Kier molecular flexibility index (Phi) is 40.6. The van der Waals surface area contributed by atoms with Crippen LogP contribution >= 0.6 is 25.3 Å². The van der Waals surface area contributed by atoms with Gasteiger partial charge in [-0.1, -0.05) is 52.0 Å². The first kappa shape index (κ1) is 83.6. The standard InChI is InChI=1S/2C34H50N4O8.2CH4S/c1-24(39)14-16-35-29(40)13-8-25-6-11-28(12-7-25)37-30(41)15-18-45-20-21-46-19-17-36-32(43)27-9-4-26(5-10-27)23-38-31(42)22-34(2,3)33(38)44;1-23(39)14-16-35-30(40)13-8-26-6-11-29(12-7-26)37-31(41)15-18-45-20-21-46-19-17-36-32(42)28-9-4-27(5-10-28)22-38-33(43)24(2)25(3)34(38)44;2*1-2/h6-7,11-12,26-27H,4-5,8-10,13-23H2,1-3H3,(H,35,40)(H,36,43)(H,37,41);6-7,11-12,24-25,27-28H,4-5,8-10,13-22H2,1-3H3,(H,35,40)(H,36,42)(H,37,41);2*2H,1H3. The number of likely N-dealkylation sites (tertiary alicyclic amines) is 2. The maximum Gasteiger partial charge on any atom is 0.235 e. The van der Waals surface area contributed by atoms with Crippen LogP contribution in [-0.4, -0.2) is 185 Å². The zero-order valence-corrected chi connectivity index (χ0v) is 59.6. The van der Waals surface area contributed by atoms with E-state index in [-0.39, 0.29) is 139 Å². The molecule has 4 aliphatic rings. The molecule has 2 aliphatic heterocycles. The molecule has 2 aliphatic carbocycles. The zero-order valence-electron chi connectivity index (χ0n) is 57.8. The third kappa shape index (κ3) is 32.2. The van der Waals surface area contributed by atoms with Crippen molar-refractivity contribution in [3.8, 4) is 0 Å². The average Bonchev–Trinajstić information content (AvgIpc) is 1.66. The Hall–Kier alpha value is -6.58. The third-order valence-electron chi connectivity index (χ3n) is 17.2. The minimum absolute atomic E-state index is 0.0123. The van der Waals surface area contributed by atoms with Crippen LogP contribution in [0.25, 0.3) is 0 Å². The number of Topliss-reactive ketones (excluding diaryl/α,β-unsaturated/α-hetero) is 2. The lowest BCUT2D eigenvalue weighted by atomic mass is 9.81. The number of ketones is 2. The number of benzene rings is 2. The largest absolute Gasteiger partial charge is 0.379 e. The van der Waals surface area contributed by atoms with Gasteiger partial charge in [-0.25, -0.2) is 0 Å². The summed E-state index contributed by atoms with van der Waals surface area (Å²) in [5, 5.41) is 16.9. The first-order chi connectivity index (χ1) is 46.0. The molecule has 96 heavy (non-hydrogen) atoms. The predicted octanol–water partition coefficient (Wildman–Crippen LogP) is 6.52. The first-order valence-corrected chi connectivity index (χ1v) is 35.5. The van der Waals surface area contributed by atoms with Gasteiger partial charge < -0.3 is 50.8 Å². The van der Waals surface area contributed by atoms with Gasteiger partial charge in [-0.05, 0) is 138 Å². The Morgan fingerprint density at radius 1 is 0.448 bits per heavy atom. The molecule has 2 aromatic carbocycles. The van der Waals surface area contributed by atoms with Crippen molar-refractivity contribution in [3.63, 3.8) is 0 Å². The number of hydrogen-bond acceptors (Lipinski definition) is 18. The number of nitrogens with one attached hydrogen (secondary N) is 6. The molecular weight excluding hydrogens is 1270 g/mol. The summed E-state index contributed by atoms with van der Waals surface area (Å²) in [6.45, 7) is 15.3. The summed E-state index contributed by atoms with van der Waals surface area (Å²) >= 11 is 7.06. The van der Waals surface area contributed by atoms with E-state index in [0.717, 1.165) is 62.5 Å². The van der Waals surface area contributed by atoms with Crippen molar-refractivity contribution in [1.29, 1.82) is 0 Å². The molecule has 0 radical (unpaired) electrons. The molecule has 6 rings (SSSR count). The van der Waals surface area contributed by atoms with Crippen molar-refractivity contribution in [2.24, 2.45) is 40.9 Å². The lowest BCUT2D eigenvalue weighted by Crippen LogP contribution is -2.40. The van der Waals surface area contributed by atoms with Gasteiger partial charge in [0.1, 0.15) is 11.6 Å². The Morgan fingerprint density at radius 2 is 0.802 bits per heavy atom. The Labute approximate surface area is 578 Å². The maximum atomic E-state index is 12.6. The second-order valence-electron chi connectivity index (χ2n) is 25.3. The van der Waals surface area contributed by atoms with Crippen LogP contribution in [-0.2, 0) is 89.3 Å². The van der Waals surface area contributed by atoms with Crippen LogP contribution in [0.1, 0.15) is 149 Å². The Bertz CT molecular complexity index is 2630. The van der Waals surface area contributed by atoms with E-state index in [0.29, 0.717) is 129 Å². The lowest BCUT2D eigenvalue weighted by Gasteiger charge is -2.30. The average molecular weight is 1380 g/mol. The summed E-state index contributed by atoms with van der Waals surface area (Å²) in [4.78, 5) is 147. The molecule has 2 saturated carbocycles. The van der Waals surface area contributed by atoms with Gasteiger partial charge in [-0.3, -0.25) is 67.3 Å². The van der Waals surface area contributed by atoms with E-state index in [4.69, 9.17) is 18.9 Å². The van der Waals surface area contributed by atoms with Crippen molar-refractivity contribution >= 4 is 107 Å². The van der Waals surface area contributed by atoms with E-state index in [1.165, 1.54) is 23.6 Å². The SMILES string of the molecule is CC(=O)CCNC(=O)CCc1ccc(NC(=O)CCOCCOCCNC(=O)C2CCC(CN3C(=O)C(C)C(C)C3=O)CC2)cc1.CC(=O)CCNC(=O)CCc1ccc(NC(=O)CCOCCOCCNC(=O)C2CCC(CN3C(=O)CC(C)(C)C3=O)CC2)cc1.CS.CS. The molecule has 0 bridgehead atoms. The smallest absolute Gasteiger partial charge is 0.235 e. The van der Waals surface area contributed by atoms with Gasteiger partial charge >= 0.3 is 0 Å². The number of hydrogen-bond donors (Lipinski definition) is 8. The number of ether oxygens (including phenoxy) is 4. The van der Waals surface area contributed by atoms with Gasteiger partial charge in [-0.15, -0.1) is 0 Å². The minimum Gasteiger partial charge on any atom is -0.379 e. The molecule has 0 spiro atoms. The molecule has 536 valence electrons. The highest BCUT2D eigenvalue weighted by Crippen LogP contribution is 2.36. The number of nitrogens with zero attached hydrogens (tertiary/aromatic N) is 2. The molecule has 2 heterocycles. The number of anilines is 2. The third-order valence-corrected chi connectivity index (χ3v) is 17.2. The van der Waals surface area contributed by atoms with Gasteiger partial charge in [0.15, 0.2) is 0 Å². The summed E-state index contributed by atoms with van der Waals surface area (Å²) < 4.78 is 22.0. The number of aryl methyl sites for hydroxylation is 2. The van der Waals surface area contributed by atoms with Crippen molar-refractivity contribution in [1.82, 2.24) is 31.1 Å². The summed E-state index contributed by atoms with van der Waals surface area (Å²) in [5.41, 5.74) is 2.66. The van der Waals surface area contributed by atoms with Crippen LogP contribution < -0.4 is 31.9 Å². The van der Waals surface area contributed by atoms with Gasteiger partial charge in [0, 0.05) is 106 Å². The highest BCUT2D eigenvalue weighted by Gasteiger charge is 2.46. The van der Waals surface area contributed by atoms with E-state index in [2.05, 4.69) is 57.2 Å². The van der Waals surface area contributed by atoms with Crippen LogP contribution in [0, 0.1) is 40.9 Å². The van der Waals surface area contributed by atoms with E-state index in [1.807, 2.05) is 52.0 Å². The quantitative estimate of drug-likeness (QED) is 0.0202. The molecule has 2 unspecified atom stereocenters. The van der Waals surface area contributed by atoms with E-state index < -0.39 is 5.41 Å². The molecule has 0 aromatic heterocycles. The first-order valence-electron chi connectivity index (χ1n) is 33.7. The highest BCUT2D eigenvalue weighted by molar-refractivity contribution is 7.79. The monoisotopic (exact) mass is 1380 g/mol. The normalized spacial score (nSPS) is 19.5. The second kappa shape index (κ2) is 46.6. The number of thiol groups is 2. The molecule has 10 amide bonds. The van der Waals surface area contributed by atoms with E-state index in [9.17, 15) is 57.5 Å². The molecule has 6 N–H and O–H groups in total. The molecule has 24 nitrogen and oxygen atoms in total. The van der Waals surface area contributed by atoms with E-state index >= 15 is 0 Å². The molecule has 2 saturated heterocycles. The fraction of sp³-hybridized carbons (Fsp3) is 0.657. The maximum absolute atomic E-state index is 12.6. The van der Waals surface area contributed by atoms with Crippen molar-refractivity contribution in [3.05, 3.63) is 59.7 Å². The van der Waals surface area contributed by atoms with Crippen LogP contribution in [0.3, 0.4) is 0 Å². The Balaban J connectivity index is 0.000000476. The molecular formula is C70H108N8O16S2. The van der Waals surface area contributed by atoms with Crippen LogP contribution in [0.2, 0.25) is 0 Å². The second-order valence-corrected chi connectivity index (χ2v) is 25.3. The topological polar surface area (TPSA) is 320 Å². The highest BCUT2D eigenvalue weighted by atomic mass is 32.1. The van der Waals surface area contributed by atoms with Crippen LogP contribution in [0.4, 0.5) is 11.4 Å². The van der Waals surface area contributed by atoms with Crippen molar-refractivity contribution < 1.29 is 76.5 Å². The summed E-state index contributed by atoms with van der Waals surface area (Å²) in [6, 6.07) is 14.6. The predicted molar refractivity (Wildman–Crippen MR) is 373 cm³/mol. The number of carbonyl (C=O) groups is 12. The summed E-state index contributed by atoms with van der Waals surface area (Å²) in [7, 11) is 0. The number of amides is 10. The Morgan fingerprint density at radius 3 is 1.15 bits per heavy atom. The molecule has 2 atom stereocenters. The summed E-state index contributed by atoms with van der Waals surface area (Å²) in [5.74, 6) is -0.893. The fourth-order valence-electron chi connectivity index (χ4n) is 11.3. The number of imide groups is 2. The molecule has 2 aromatic rings. The van der Waals surface area contributed by atoms with Gasteiger partial charge in [0.2, 0.25) is 59.1 Å². The molecule has 26 heteroatoms. The summed E-state index contributed by atoms with van der Waals surface area (Å²) in [6.07, 6.45) is 12.8. The lowest BCUT2D eigenvalue weighted by molar-refractivity contribution is -0.143. The van der Waals surface area contributed by atoms with Gasteiger partial charge in [-0.2, -0.15) is 25.3 Å². The fourth-order valence-corrected chi connectivity index (χ4v) is 11.3. The van der Waals surface area contributed by atoms with Gasteiger partial charge in [0.05, 0.1) is 71.1 Å². The van der Waals surface area contributed by atoms with Crippen molar-refractivity contribution in [2.75, 3.05) is 115 Å². The molecule has 4 fully saturated rings. The van der Waals surface area contributed by atoms with E-state index in [1.54, 1.807) is 36.8 Å². The number of rotatable bonds is 38. The zero-order chi connectivity index (χ0) is 71.0. The minimum atomic E-state index is -0.613. The van der Waals surface area contributed by atoms with Crippen LogP contribution in [0.15, 0.2) is 48.5 Å². The van der Waals surface area contributed by atoms with Crippen molar-refractivity contribution in [2.45, 2.75) is 151 Å². The van der Waals surface area contributed by atoms with Gasteiger partial charge in [0.25, 0.3) is 0 Å². The number of carbonyl (C=O) groups excluding carboxylic acids is 12.